The Morgan fingerprint density at radius 1 is 1.39 bits per heavy atom. The van der Waals surface area contributed by atoms with Gasteiger partial charge in [-0.3, -0.25) is 0 Å². The number of methoxy groups -OCH3 is 1. The molecule has 2 aromatic rings. The van der Waals surface area contributed by atoms with Gasteiger partial charge in [0.25, 0.3) is 0 Å². The molecule has 1 aromatic heterocycles. The van der Waals surface area contributed by atoms with E-state index in [-0.39, 0.29) is 6.73 Å². The Labute approximate surface area is 105 Å². The predicted molar refractivity (Wildman–Crippen MR) is 69.3 cm³/mol. The monoisotopic (exact) mass is 248 g/mol. The Balaban J connectivity index is 2.65. The molecule has 18 heavy (non-hydrogen) atoms. The van der Waals surface area contributed by atoms with E-state index in [2.05, 4.69) is 0 Å². The van der Waals surface area contributed by atoms with Crippen molar-refractivity contribution in [3.8, 4) is 0 Å². The van der Waals surface area contributed by atoms with E-state index in [1.165, 1.54) is 0 Å². The van der Waals surface area contributed by atoms with E-state index in [4.69, 9.17) is 15.2 Å². The normalized spacial score (nSPS) is 10.8. The van der Waals surface area contributed by atoms with Crippen LogP contribution in [-0.4, -0.2) is 24.3 Å². The summed E-state index contributed by atoms with van der Waals surface area (Å²) in [6.07, 6.45) is 0. The number of esters is 1. The quantitative estimate of drug-likeness (QED) is 0.840. The van der Waals surface area contributed by atoms with Gasteiger partial charge in [0, 0.05) is 12.5 Å². The zero-order chi connectivity index (χ0) is 13.1. The first-order valence-electron chi connectivity index (χ1n) is 5.73. The van der Waals surface area contributed by atoms with Gasteiger partial charge in [0.15, 0.2) is 5.69 Å². The lowest BCUT2D eigenvalue weighted by molar-refractivity contribution is 0.0498. The summed E-state index contributed by atoms with van der Waals surface area (Å²) >= 11 is 0. The molecule has 0 atom stereocenters. The molecular weight excluding hydrogens is 232 g/mol. The highest BCUT2D eigenvalue weighted by atomic mass is 16.5. The topological polar surface area (TPSA) is 66.5 Å². The van der Waals surface area contributed by atoms with Crippen LogP contribution in [0.25, 0.3) is 10.9 Å². The van der Waals surface area contributed by atoms with Crippen LogP contribution in [0.4, 0.5) is 5.69 Å². The Morgan fingerprint density at radius 2 is 2.11 bits per heavy atom. The van der Waals surface area contributed by atoms with Crippen molar-refractivity contribution in [1.82, 2.24) is 4.57 Å². The lowest BCUT2D eigenvalue weighted by Crippen LogP contribution is -2.14. The number of fused-ring (bicyclic) bond motifs is 1. The number of nitrogens with zero attached hydrogens (tertiary/aromatic N) is 1. The molecule has 1 heterocycles. The van der Waals surface area contributed by atoms with Gasteiger partial charge in [0.1, 0.15) is 6.73 Å². The van der Waals surface area contributed by atoms with Crippen LogP contribution < -0.4 is 5.73 Å². The first-order chi connectivity index (χ1) is 8.70. The molecule has 2 rings (SSSR count). The maximum Gasteiger partial charge on any atom is 0.357 e. The van der Waals surface area contributed by atoms with Crippen LogP contribution in [0, 0.1) is 0 Å². The Bertz CT molecular complexity index is 575. The van der Waals surface area contributed by atoms with Gasteiger partial charge in [-0.15, -0.1) is 0 Å². The van der Waals surface area contributed by atoms with Crippen molar-refractivity contribution in [3.05, 3.63) is 30.0 Å². The first kappa shape index (κ1) is 12.4. The molecule has 96 valence electrons. The molecule has 2 N–H and O–H groups in total. The van der Waals surface area contributed by atoms with Crippen LogP contribution in [-0.2, 0) is 16.2 Å². The summed E-state index contributed by atoms with van der Waals surface area (Å²) < 4.78 is 11.9. The van der Waals surface area contributed by atoms with Crippen LogP contribution in [0.1, 0.15) is 17.4 Å². The summed E-state index contributed by atoms with van der Waals surface area (Å²) in [5, 5.41) is 0.831. The Hall–Kier alpha value is -2.01. The Kier molecular flexibility index (Phi) is 3.53. The van der Waals surface area contributed by atoms with Crippen LogP contribution in [0.3, 0.4) is 0 Å². The second-order valence-corrected chi connectivity index (χ2v) is 3.85. The first-order valence-corrected chi connectivity index (χ1v) is 5.73. The average Bonchev–Trinajstić information content (AvgIpc) is 2.65. The van der Waals surface area contributed by atoms with Gasteiger partial charge in [0.2, 0.25) is 0 Å². The van der Waals surface area contributed by atoms with Crippen LogP contribution >= 0.6 is 0 Å². The van der Waals surface area contributed by atoms with Crippen molar-refractivity contribution in [2.75, 3.05) is 19.5 Å². The van der Waals surface area contributed by atoms with Gasteiger partial charge in [-0.1, -0.05) is 18.2 Å². The lowest BCUT2D eigenvalue weighted by Gasteiger charge is -2.08. The number of ether oxygens (including phenoxy) is 2. The molecule has 5 nitrogen and oxygen atoms in total. The van der Waals surface area contributed by atoms with Crippen LogP contribution in [0.5, 0.6) is 0 Å². The molecule has 0 unspecified atom stereocenters. The van der Waals surface area contributed by atoms with Crippen molar-refractivity contribution < 1.29 is 14.3 Å². The zero-order valence-corrected chi connectivity index (χ0v) is 10.5. The fraction of sp³-hybridized carbons (Fsp3) is 0.308. The number of benzene rings is 1. The van der Waals surface area contributed by atoms with Gasteiger partial charge < -0.3 is 19.8 Å². The smallest absolute Gasteiger partial charge is 0.357 e. The standard InChI is InChI=1S/C13H16N2O3/c1-3-18-13(16)12-11(14)9-6-4-5-7-10(9)15(12)8-17-2/h4-7H,3,8,14H2,1-2H3. The molecule has 0 aliphatic rings. The number of hydrogen-bond acceptors (Lipinski definition) is 4. The highest BCUT2D eigenvalue weighted by molar-refractivity contribution is 6.06. The molecule has 0 aliphatic heterocycles. The van der Waals surface area contributed by atoms with Crippen molar-refractivity contribution in [3.63, 3.8) is 0 Å². The number of nitrogens with two attached hydrogens (primary N) is 1. The molecule has 0 radical (unpaired) electrons. The second-order valence-electron chi connectivity index (χ2n) is 3.85. The molecule has 5 heteroatoms. The molecule has 0 spiro atoms. The number of rotatable bonds is 4. The summed E-state index contributed by atoms with van der Waals surface area (Å²) in [6.45, 7) is 2.33. The van der Waals surface area contributed by atoms with E-state index in [9.17, 15) is 4.79 Å². The van der Waals surface area contributed by atoms with E-state index in [1.54, 1.807) is 18.6 Å². The van der Waals surface area contributed by atoms with E-state index < -0.39 is 5.97 Å². The third-order valence-corrected chi connectivity index (χ3v) is 2.74. The lowest BCUT2D eigenvalue weighted by atomic mass is 10.2. The largest absolute Gasteiger partial charge is 0.461 e. The number of hydrogen-bond donors (Lipinski definition) is 1. The summed E-state index contributed by atoms with van der Waals surface area (Å²) in [6, 6.07) is 7.54. The molecular formula is C13H16N2O3. The summed E-state index contributed by atoms with van der Waals surface area (Å²) in [5.74, 6) is -0.428. The summed E-state index contributed by atoms with van der Waals surface area (Å²) in [4.78, 5) is 12.0. The average molecular weight is 248 g/mol. The highest BCUT2D eigenvalue weighted by Gasteiger charge is 2.21. The molecule has 0 fully saturated rings. The minimum absolute atomic E-state index is 0.256. The van der Waals surface area contributed by atoms with Crippen molar-refractivity contribution >= 4 is 22.6 Å². The van der Waals surface area contributed by atoms with Crippen molar-refractivity contribution in [2.24, 2.45) is 0 Å². The minimum Gasteiger partial charge on any atom is -0.461 e. The van der Waals surface area contributed by atoms with Gasteiger partial charge in [-0.05, 0) is 13.0 Å². The number of carbonyl (C=O) groups is 1. The molecule has 0 saturated heterocycles. The third-order valence-electron chi connectivity index (χ3n) is 2.74. The number of aromatic nitrogens is 1. The zero-order valence-electron chi connectivity index (χ0n) is 10.5. The van der Waals surface area contributed by atoms with Crippen molar-refractivity contribution in [2.45, 2.75) is 13.7 Å². The molecule has 0 saturated carbocycles. The summed E-state index contributed by atoms with van der Waals surface area (Å²) in [5.41, 5.74) is 7.66. The van der Waals surface area contributed by atoms with Gasteiger partial charge in [-0.2, -0.15) is 0 Å². The van der Waals surface area contributed by atoms with E-state index in [0.29, 0.717) is 18.0 Å². The predicted octanol–water partition coefficient (Wildman–Crippen LogP) is 2.00. The number of anilines is 1. The maximum atomic E-state index is 12.0. The number of nitrogen functional groups attached to an aromatic ring is 1. The van der Waals surface area contributed by atoms with Gasteiger partial charge in [-0.25, -0.2) is 4.79 Å². The third kappa shape index (κ3) is 1.93. The fourth-order valence-corrected chi connectivity index (χ4v) is 2.01. The number of carbonyl (C=O) groups excluding carboxylic acids is 1. The van der Waals surface area contributed by atoms with Gasteiger partial charge in [0.05, 0.1) is 17.8 Å². The minimum atomic E-state index is -0.428. The van der Waals surface area contributed by atoms with Gasteiger partial charge >= 0.3 is 5.97 Å². The van der Waals surface area contributed by atoms with Crippen molar-refractivity contribution in [1.29, 1.82) is 0 Å². The fourth-order valence-electron chi connectivity index (χ4n) is 2.01. The van der Waals surface area contributed by atoms with E-state index >= 15 is 0 Å². The molecule has 0 amide bonds. The highest BCUT2D eigenvalue weighted by Crippen LogP contribution is 2.29. The molecule has 0 aliphatic carbocycles. The van der Waals surface area contributed by atoms with Crippen LogP contribution in [0.15, 0.2) is 24.3 Å². The SMILES string of the molecule is CCOC(=O)c1c(N)c2ccccc2n1COC. The Morgan fingerprint density at radius 3 is 2.78 bits per heavy atom. The summed E-state index contributed by atoms with van der Waals surface area (Å²) in [7, 11) is 1.57. The van der Waals surface area contributed by atoms with Crippen LogP contribution in [0.2, 0.25) is 0 Å². The number of para-hydroxylation sites is 1. The molecule has 0 bridgehead atoms. The molecule has 1 aromatic carbocycles. The maximum absolute atomic E-state index is 12.0. The second kappa shape index (κ2) is 5.10. The van der Waals surface area contributed by atoms with E-state index in [0.717, 1.165) is 10.9 Å². The van der Waals surface area contributed by atoms with E-state index in [1.807, 2.05) is 24.3 Å².